The maximum atomic E-state index is 9.49. The van der Waals surface area contributed by atoms with E-state index in [0.717, 1.165) is 5.56 Å². The molecule has 2 aromatic heterocycles. The smallest absolute Gasteiger partial charge is 0.319 e. The summed E-state index contributed by atoms with van der Waals surface area (Å²) in [4.78, 5) is 15.9. The summed E-state index contributed by atoms with van der Waals surface area (Å²) in [7, 11) is 0. The van der Waals surface area contributed by atoms with Gasteiger partial charge >= 0.3 is 6.01 Å². The van der Waals surface area contributed by atoms with Gasteiger partial charge in [-0.1, -0.05) is 12.1 Å². The molecule has 98 valence electrons. The summed E-state index contributed by atoms with van der Waals surface area (Å²) in [6.45, 7) is 6.04. The largest absolute Gasteiger partial charge is 0.479 e. The van der Waals surface area contributed by atoms with Gasteiger partial charge in [0.1, 0.15) is 5.69 Å². The normalized spacial score (nSPS) is 10.2. The van der Waals surface area contributed by atoms with Crippen molar-refractivity contribution in [1.82, 2.24) is 25.4 Å². The number of nitrogens with one attached hydrogen (secondary N) is 2. The van der Waals surface area contributed by atoms with Crippen molar-refractivity contribution in [2.45, 2.75) is 6.92 Å². The highest BCUT2D eigenvalue weighted by atomic mass is 16.3. The molecule has 0 aliphatic heterocycles. The molecule has 19 heavy (non-hydrogen) atoms. The Labute approximate surface area is 110 Å². The van der Waals surface area contributed by atoms with Crippen molar-refractivity contribution in [1.29, 1.82) is 0 Å². The Morgan fingerprint density at radius 1 is 1.32 bits per heavy atom. The molecular weight excluding hydrogens is 244 g/mol. The van der Waals surface area contributed by atoms with E-state index in [9.17, 15) is 5.11 Å². The first-order valence-electron chi connectivity index (χ1n) is 5.67. The lowest BCUT2D eigenvalue weighted by Gasteiger charge is -2.06. The molecule has 2 aromatic rings. The lowest BCUT2D eigenvalue weighted by Crippen LogP contribution is -2.23. The molecule has 3 N–H and O–H groups in total. The quantitative estimate of drug-likeness (QED) is 0.419. The van der Waals surface area contributed by atoms with Gasteiger partial charge < -0.3 is 5.11 Å². The van der Waals surface area contributed by atoms with Crippen molar-refractivity contribution in [3.8, 4) is 17.5 Å². The molecule has 2 rings (SSSR count). The number of aryl methyl sites for hydroxylation is 1. The fourth-order valence-electron chi connectivity index (χ4n) is 1.34. The van der Waals surface area contributed by atoms with E-state index in [-0.39, 0.29) is 12.0 Å². The molecule has 0 unspecified atom stereocenters. The molecule has 0 aliphatic rings. The first kappa shape index (κ1) is 12.9. The Kier molecular flexibility index (Phi) is 3.99. The number of hydrogen-bond acceptors (Lipinski definition) is 7. The Morgan fingerprint density at radius 3 is 2.84 bits per heavy atom. The van der Waals surface area contributed by atoms with E-state index in [1.54, 1.807) is 18.3 Å². The lowest BCUT2D eigenvalue weighted by atomic mass is 10.3. The van der Waals surface area contributed by atoms with E-state index in [4.69, 9.17) is 0 Å². The highest BCUT2D eigenvalue weighted by Crippen LogP contribution is 2.15. The number of hydrazine groups is 1. The van der Waals surface area contributed by atoms with Gasteiger partial charge in [-0.2, -0.15) is 15.0 Å². The molecule has 0 radical (unpaired) electrons. The second-order valence-electron chi connectivity index (χ2n) is 3.80. The molecule has 0 bridgehead atoms. The minimum Gasteiger partial charge on any atom is -0.479 e. The number of pyridine rings is 1. The molecule has 0 amide bonds. The van der Waals surface area contributed by atoms with Crippen LogP contribution in [-0.4, -0.2) is 31.6 Å². The van der Waals surface area contributed by atoms with Gasteiger partial charge in [0.2, 0.25) is 5.95 Å². The van der Waals surface area contributed by atoms with E-state index < -0.39 is 0 Å². The fourth-order valence-corrected chi connectivity index (χ4v) is 1.34. The monoisotopic (exact) mass is 258 g/mol. The topological polar surface area (TPSA) is 95.9 Å². The van der Waals surface area contributed by atoms with Gasteiger partial charge in [0.05, 0.1) is 0 Å². The van der Waals surface area contributed by atoms with E-state index >= 15 is 0 Å². The van der Waals surface area contributed by atoms with E-state index in [0.29, 0.717) is 18.1 Å². The van der Waals surface area contributed by atoms with Crippen molar-refractivity contribution in [2.75, 3.05) is 12.0 Å². The second kappa shape index (κ2) is 5.87. The van der Waals surface area contributed by atoms with E-state index in [1.165, 1.54) is 0 Å². The Morgan fingerprint density at radius 2 is 2.16 bits per heavy atom. The van der Waals surface area contributed by atoms with Crippen LogP contribution >= 0.6 is 0 Å². The van der Waals surface area contributed by atoms with Crippen molar-refractivity contribution in [3.63, 3.8) is 0 Å². The molecular formula is C12H14N6O. The molecule has 0 saturated carbocycles. The summed E-state index contributed by atoms with van der Waals surface area (Å²) in [5, 5.41) is 9.49. The Balaban J connectivity index is 2.25. The number of aromatic hydroxyl groups is 1. The third kappa shape index (κ3) is 3.46. The number of anilines is 1. The van der Waals surface area contributed by atoms with E-state index in [1.807, 2.05) is 13.0 Å². The van der Waals surface area contributed by atoms with Crippen LogP contribution in [-0.2, 0) is 0 Å². The summed E-state index contributed by atoms with van der Waals surface area (Å²) in [6.07, 6.45) is 3.38. The van der Waals surface area contributed by atoms with Crippen LogP contribution < -0.4 is 10.9 Å². The molecule has 7 heteroatoms. The van der Waals surface area contributed by atoms with Gasteiger partial charge in [-0.25, -0.2) is 5.43 Å². The minimum atomic E-state index is -0.365. The molecule has 0 aliphatic carbocycles. The highest BCUT2D eigenvalue weighted by Gasteiger charge is 2.08. The molecule has 7 nitrogen and oxygen atoms in total. The predicted octanol–water partition coefficient (Wildman–Crippen LogP) is 1.05. The molecule has 0 aromatic carbocycles. The van der Waals surface area contributed by atoms with Crippen molar-refractivity contribution in [3.05, 3.63) is 36.5 Å². The van der Waals surface area contributed by atoms with Crippen LogP contribution in [0.3, 0.4) is 0 Å². The van der Waals surface area contributed by atoms with Crippen LogP contribution in [0.15, 0.2) is 31.0 Å². The molecule has 0 spiro atoms. The van der Waals surface area contributed by atoms with Gasteiger partial charge in [0.15, 0.2) is 5.82 Å². The number of aromatic nitrogens is 4. The Bertz CT molecular complexity index is 569. The third-order valence-corrected chi connectivity index (χ3v) is 2.21. The zero-order valence-corrected chi connectivity index (χ0v) is 10.5. The molecule has 0 fully saturated rings. The first-order valence-corrected chi connectivity index (χ1v) is 5.67. The maximum absolute atomic E-state index is 9.49. The third-order valence-electron chi connectivity index (χ3n) is 2.21. The Hall–Kier alpha value is -2.54. The summed E-state index contributed by atoms with van der Waals surface area (Å²) >= 11 is 0. The number of rotatable bonds is 5. The van der Waals surface area contributed by atoms with Gasteiger partial charge in [0.25, 0.3) is 0 Å². The average molecular weight is 258 g/mol. The van der Waals surface area contributed by atoms with E-state index in [2.05, 4.69) is 37.4 Å². The fraction of sp³-hybridized carbons (Fsp3) is 0.167. The lowest BCUT2D eigenvalue weighted by molar-refractivity contribution is 0.429. The van der Waals surface area contributed by atoms with Crippen molar-refractivity contribution >= 4 is 5.95 Å². The maximum Gasteiger partial charge on any atom is 0.319 e. The van der Waals surface area contributed by atoms with Crippen molar-refractivity contribution in [2.24, 2.45) is 0 Å². The van der Waals surface area contributed by atoms with Crippen LogP contribution in [0, 0.1) is 6.92 Å². The number of hydrogen-bond donors (Lipinski definition) is 3. The van der Waals surface area contributed by atoms with Gasteiger partial charge in [-0.15, -0.1) is 6.58 Å². The van der Waals surface area contributed by atoms with Gasteiger partial charge in [-0.3, -0.25) is 10.4 Å². The minimum absolute atomic E-state index is 0.215. The number of nitrogens with zero attached hydrogens (tertiary/aromatic N) is 4. The summed E-state index contributed by atoms with van der Waals surface area (Å²) in [5.41, 5.74) is 7.15. The highest BCUT2D eigenvalue weighted by molar-refractivity contribution is 5.51. The molecule has 0 saturated heterocycles. The van der Waals surface area contributed by atoms with Crippen LogP contribution in [0.1, 0.15) is 5.56 Å². The predicted molar refractivity (Wildman–Crippen MR) is 71.3 cm³/mol. The summed E-state index contributed by atoms with van der Waals surface area (Å²) < 4.78 is 0. The summed E-state index contributed by atoms with van der Waals surface area (Å²) in [5.74, 6) is 0.516. The summed E-state index contributed by atoms with van der Waals surface area (Å²) in [6, 6.07) is 3.31. The average Bonchev–Trinajstić information content (AvgIpc) is 2.39. The van der Waals surface area contributed by atoms with Crippen LogP contribution in [0.5, 0.6) is 6.01 Å². The van der Waals surface area contributed by atoms with Gasteiger partial charge in [-0.05, 0) is 18.6 Å². The van der Waals surface area contributed by atoms with Crippen LogP contribution in [0.25, 0.3) is 11.5 Å². The second-order valence-corrected chi connectivity index (χ2v) is 3.80. The first-order chi connectivity index (χ1) is 9.19. The van der Waals surface area contributed by atoms with Gasteiger partial charge in [0, 0.05) is 12.7 Å². The zero-order valence-electron chi connectivity index (χ0n) is 10.5. The molecule has 0 atom stereocenters. The van der Waals surface area contributed by atoms with Crippen LogP contribution in [0.2, 0.25) is 0 Å². The van der Waals surface area contributed by atoms with Crippen molar-refractivity contribution < 1.29 is 5.11 Å². The molecule has 2 heterocycles. The SMILES string of the molecule is C=CCNNc1nc(O)nc(-c2ccc(C)cn2)n1. The van der Waals surface area contributed by atoms with Crippen LogP contribution in [0.4, 0.5) is 5.95 Å². The standard InChI is InChI=1S/C12H14N6O/c1-3-6-14-18-11-15-10(16-12(19)17-11)9-5-4-8(2)7-13-9/h3-5,7,14H,1,6H2,2H3,(H2,15,16,17,18,19). The zero-order chi connectivity index (χ0) is 13.7.